The van der Waals surface area contributed by atoms with Gasteiger partial charge in [0.1, 0.15) is 18.2 Å². The van der Waals surface area contributed by atoms with Gasteiger partial charge in [0.2, 0.25) is 0 Å². The molecule has 1 saturated heterocycles. The number of imide groups is 1. The summed E-state index contributed by atoms with van der Waals surface area (Å²) in [5.74, 6) is -0.336. The summed E-state index contributed by atoms with van der Waals surface area (Å²) in [5.41, 5.74) is 3.07. The number of hydroxylamine groups is 1. The van der Waals surface area contributed by atoms with E-state index in [4.69, 9.17) is 4.74 Å². The van der Waals surface area contributed by atoms with Crippen LogP contribution in [0.3, 0.4) is 0 Å². The third-order valence-electron chi connectivity index (χ3n) is 3.67. The topological polar surface area (TPSA) is 87.7 Å². The second-order valence-electron chi connectivity index (χ2n) is 5.44. The Morgan fingerprint density at radius 2 is 1.92 bits per heavy atom. The van der Waals surface area contributed by atoms with Gasteiger partial charge in [-0.1, -0.05) is 30.3 Å². The Balaban J connectivity index is 1.64. The molecule has 1 atom stereocenters. The second kappa shape index (κ2) is 8.13. The quantitative estimate of drug-likeness (QED) is 0.531. The van der Waals surface area contributed by atoms with E-state index in [1.807, 2.05) is 5.48 Å². The summed E-state index contributed by atoms with van der Waals surface area (Å²) < 4.78 is 19.4. The highest BCUT2D eigenvalue weighted by Crippen LogP contribution is 2.26. The van der Waals surface area contributed by atoms with Gasteiger partial charge < -0.3 is 9.94 Å². The van der Waals surface area contributed by atoms with Crippen LogP contribution in [0.4, 0.5) is 9.18 Å². The van der Waals surface area contributed by atoms with Gasteiger partial charge in [-0.2, -0.15) is 5.48 Å². The maximum Gasteiger partial charge on any atom is 0.290 e. The van der Waals surface area contributed by atoms with Gasteiger partial charge in [-0.25, -0.2) is 4.39 Å². The average Bonchev–Trinajstić information content (AvgIpc) is 2.95. The van der Waals surface area contributed by atoms with Crippen LogP contribution in [0.2, 0.25) is 0 Å². The lowest BCUT2D eigenvalue weighted by molar-refractivity contribution is -0.115. The van der Waals surface area contributed by atoms with Gasteiger partial charge in [-0.05, 0) is 41.6 Å². The predicted molar refractivity (Wildman–Crippen MR) is 95.1 cm³/mol. The summed E-state index contributed by atoms with van der Waals surface area (Å²) in [5, 5.41) is 11.1. The van der Waals surface area contributed by atoms with Crippen molar-refractivity contribution in [1.82, 2.24) is 10.8 Å². The third kappa shape index (κ3) is 4.29. The normalized spacial score (nSPS) is 16.6. The Hall–Kier alpha value is -2.68. The molecule has 0 spiro atoms. The molecule has 134 valence electrons. The lowest BCUT2D eigenvalue weighted by Gasteiger charge is -2.17. The van der Waals surface area contributed by atoms with Gasteiger partial charge in [0.25, 0.3) is 11.1 Å². The minimum atomic E-state index is -0.720. The zero-order valence-corrected chi connectivity index (χ0v) is 14.3. The van der Waals surface area contributed by atoms with Crippen molar-refractivity contribution in [1.29, 1.82) is 0 Å². The van der Waals surface area contributed by atoms with E-state index >= 15 is 0 Å². The van der Waals surface area contributed by atoms with Crippen molar-refractivity contribution >= 4 is 29.0 Å². The van der Waals surface area contributed by atoms with Gasteiger partial charge in [0.05, 0.1) is 10.9 Å². The summed E-state index contributed by atoms with van der Waals surface area (Å²) in [6.45, 7) is 0.0185. The van der Waals surface area contributed by atoms with E-state index in [0.29, 0.717) is 16.2 Å². The standard InChI is InChI=1S/C18H15FN2O4S/c19-14-4-2-1-3-13(14)15(21-24)10-25-12-7-5-11(6-8-12)9-16-17(22)20-18(23)26-16/h1-9,15,21,24H,10H2,(H,20,22,23)/b16-9-. The van der Waals surface area contributed by atoms with Gasteiger partial charge >= 0.3 is 0 Å². The van der Waals surface area contributed by atoms with Crippen molar-refractivity contribution in [2.24, 2.45) is 0 Å². The molecule has 1 heterocycles. The molecule has 2 amide bonds. The van der Waals surface area contributed by atoms with E-state index in [-0.39, 0.29) is 6.61 Å². The van der Waals surface area contributed by atoms with Crippen molar-refractivity contribution in [3.05, 3.63) is 70.4 Å². The highest BCUT2D eigenvalue weighted by molar-refractivity contribution is 8.18. The number of ether oxygens (including phenoxy) is 1. The molecule has 1 aliphatic rings. The number of thioether (sulfide) groups is 1. The van der Waals surface area contributed by atoms with Gasteiger partial charge in [0.15, 0.2) is 0 Å². The first-order valence-electron chi connectivity index (χ1n) is 7.68. The van der Waals surface area contributed by atoms with Crippen LogP contribution in [0.15, 0.2) is 53.4 Å². The molecule has 0 aromatic heterocycles. The molecule has 0 saturated carbocycles. The van der Waals surface area contributed by atoms with Crippen molar-refractivity contribution in [3.63, 3.8) is 0 Å². The molecule has 1 fully saturated rings. The first-order chi connectivity index (χ1) is 12.6. The molecule has 6 nitrogen and oxygen atoms in total. The lowest BCUT2D eigenvalue weighted by Crippen LogP contribution is -2.24. The molecule has 8 heteroatoms. The molecule has 26 heavy (non-hydrogen) atoms. The number of nitrogens with one attached hydrogen (secondary N) is 2. The van der Waals surface area contributed by atoms with Crippen LogP contribution in [0, 0.1) is 5.82 Å². The number of carbonyl (C=O) groups is 2. The summed E-state index contributed by atoms with van der Waals surface area (Å²) >= 11 is 0.848. The molecule has 2 aromatic carbocycles. The van der Waals surface area contributed by atoms with E-state index in [9.17, 15) is 19.2 Å². The zero-order chi connectivity index (χ0) is 18.5. The minimum absolute atomic E-state index is 0.0185. The fourth-order valence-electron chi connectivity index (χ4n) is 2.37. The zero-order valence-electron chi connectivity index (χ0n) is 13.4. The fourth-order valence-corrected chi connectivity index (χ4v) is 3.05. The molecule has 0 aliphatic carbocycles. The smallest absolute Gasteiger partial charge is 0.290 e. The molecular formula is C18H15FN2O4S. The molecule has 0 bridgehead atoms. The summed E-state index contributed by atoms with van der Waals surface area (Å²) in [4.78, 5) is 23.0. The van der Waals surface area contributed by atoms with Crippen LogP contribution in [0.5, 0.6) is 5.75 Å². The Bertz CT molecular complexity index is 855. The molecular weight excluding hydrogens is 359 g/mol. The molecule has 1 unspecified atom stereocenters. The van der Waals surface area contributed by atoms with Crippen molar-refractivity contribution in [3.8, 4) is 5.75 Å². The molecule has 3 N–H and O–H groups in total. The summed E-state index contributed by atoms with van der Waals surface area (Å²) in [6, 6.07) is 12.2. The van der Waals surface area contributed by atoms with Gasteiger partial charge in [0, 0.05) is 5.56 Å². The number of amides is 2. The highest BCUT2D eigenvalue weighted by Gasteiger charge is 2.24. The number of carbonyl (C=O) groups excluding carboxylic acids is 2. The van der Waals surface area contributed by atoms with Crippen LogP contribution in [-0.2, 0) is 4.79 Å². The molecule has 0 radical (unpaired) electrons. The van der Waals surface area contributed by atoms with E-state index in [1.54, 1.807) is 48.5 Å². The van der Waals surface area contributed by atoms with Crippen molar-refractivity contribution in [2.45, 2.75) is 6.04 Å². The van der Waals surface area contributed by atoms with Crippen LogP contribution in [-0.4, -0.2) is 23.0 Å². The minimum Gasteiger partial charge on any atom is -0.492 e. The Morgan fingerprint density at radius 3 is 2.54 bits per heavy atom. The number of halogens is 1. The lowest BCUT2D eigenvalue weighted by atomic mass is 10.1. The Morgan fingerprint density at radius 1 is 1.19 bits per heavy atom. The maximum absolute atomic E-state index is 13.8. The first-order valence-corrected chi connectivity index (χ1v) is 8.50. The van der Waals surface area contributed by atoms with Crippen LogP contribution in [0.25, 0.3) is 6.08 Å². The predicted octanol–water partition coefficient (Wildman–Crippen LogP) is 3.25. The van der Waals surface area contributed by atoms with Gasteiger partial charge in [-0.3, -0.25) is 14.9 Å². The van der Waals surface area contributed by atoms with E-state index in [0.717, 1.165) is 17.3 Å². The van der Waals surface area contributed by atoms with E-state index in [2.05, 4.69) is 5.32 Å². The number of hydrogen-bond acceptors (Lipinski definition) is 6. The molecule has 1 aliphatic heterocycles. The Labute approximate surface area is 153 Å². The van der Waals surface area contributed by atoms with Crippen LogP contribution < -0.4 is 15.5 Å². The van der Waals surface area contributed by atoms with Crippen molar-refractivity contribution in [2.75, 3.05) is 6.61 Å². The maximum atomic E-state index is 13.8. The van der Waals surface area contributed by atoms with E-state index in [1.165, 1.54) is 6.07 Å². The molecule has 3 rings (SSSR count). The first kappa shape index (κ1) is 18.1. The number of rotatable bonds is 6. The van der Waals surface area contributed by atoms with Gasteiger partial charge in [-0.15, -0.1) is 0 Å². The number of benzene rings is 2. The van der Waals surface area contributed by atoms with E-state index < -0.39 is 23.0 Å². The summed E-state index contributed by atoms with van der Waals surface area (Å²) in [6.07, 6.45) is 1.60. The SMILES string of the molecule is O=C1NC(=O)/C(=C/c2ccc(OCC(NO)c3ccccc3F)cc2)S1. The van der Waals surface area contributed by atoms with Crippen molar-refractivity contribution < 1.29 is 23.9 Å². The van der Waals surface area contributed by atoms with Crippen LogP contribution >= 0.6 is 11.8 Å². The third-order valence-corrected chi connectivity index (χ3v) is 4.48. The highest BCUT2D eigenvalue weighted by atomic mass is 32.2. The summed E-state index contributed by atoms with van der Waals surface area (Å²) in [7, 11) is 0. The number of hydrogen-bond donors (Lipinski definition) is 3. The fraction of sp³-hybridized carbons (Fsp3) is 0.111. The van der Waals surface area contributed by atoms with Crippen LogP contribution in [0.1, 0.15) is 17.2 Å². The average molecular weight is 374 g/mol. The monoisotopic (exact) mass is 374 g/mol. The largest absolute Gasteiger partial charge is 0.492 e. The molecule has 2 aromatic rings. The second-order valence-corrected chi connectivity index (χ2v) is 6.45. The Kier molecular flexibility index (Phi) is 5.67.